The Labute approximate surface area is 99.0 Å². The number of hydrogen-bond acceptors (Lipinski definition) is 2. The van der Waals surface area contributed by atoms with Gasteiger partial charge in [0.1, 0.15) is 11.8 Å². The summed E-state index contributed by atoms with van der Waals surface area (Å²) in [6.45, 7) is 6.36. The van der Waals surface area contributed by atoms with Gasteiger partial charge in [0, 0.05) is 4.47 Å². The van der Waals surface area contributed by atoms with E-state index >= 15 is 0 Å². The second kappa shape index (κ2) is 5.18. The van der Waals surface area contributed by atoms with Crippen molar-refractivity contribution in [1.82, 2.24) is 0 Å². The smallest absolute Gasteiger partial charge is 0.174 e. The summed E-state index contributed by atoms with van der Waals surface area (Å²) in [5.74, 6) is 1.19. The summed E-state index contributed by atoms with van der Waals surface area (Å²) in [7, 11) is 0. The van der Waals surface area contributed by atoms with E-state index in [0.717, 1.165) is 15.8 Å². The molecule has 0 fully saturated rings. The number of halogens is 1. The summed E-state index contributed by atoms with van der Waals surface area (Å²) in [5.41, 5.74) is 2.33. The average Bonchev–Trinajstić information content (AvgIpc) is 2.19. The highest BCUT2D eigenvalue weighted by Gasteiger charge is 2.10. The molecule has 1 aromatic carbocycles. The third-order valence-corrected chi connectivity index (χ3v) is 3.06. The molecule has 0 aliphatic rings. The van der Waals surface area contributed by atoms with Crippen LogP contribution in [0, 0.1) is 18.3 Å². The van der Waals surface area contributed by atoms with Gasteiger partial charge < -0.3 is 4.74 Å². The maximum absolute atomic E-state index is 8.49. The average molecular weight is 268 g/mol. The lowest BCUT2D eigenvalue weighted by molar-refractivity contribution is 0.362. The summed E-state index contributed by atoms with van der Waals surface area (Å²) in [6, 6.07) is 6.01. The van der Waals surface area contributed by atoms with Crippen LogP contribution in [0.2, 0.25) is 0 Å². The molecule has 0 heterocycles. The summed E-state index contributed by atoms with van der Waals surface area (Å²) in [6.07, 6.45) is 0. The molecular formula is C12H14BrNO. The Hall–Kier alpha value is -1.01. The highest BCUT2D eigenvalue weighted by Crippen LogP contribution is 2.32. The number of nitriles is 1. The molecule has 2 nitrogen and oxygen atoms in total. The molecule has 3 heteroatoms. The minimum absolute atomic E-state index is 0.0925. The van der Waals surface area contributed by atoms with E-state index in [1.165, 1.54) is 5.56 Å². The molecule has 0 radical (unpaired) electrons. The molecule has 80 valence electrons. The number of nitrogens with zero attached hydrogens (tertiary/aromatic N) is 1. The first-order valence-corrected chi connectivity index (χ1v) is 5.65. The molecule has 15 heavy (non-hydrogen) atoms. The Bertz CT molecular complexity index is 393. The van der Waals surface area contributed by atoms with E-state index in [-0.39, 0.29) is 6.61 Å². The second-order valence-corrected chi connectivity index (χ2v) is 4.60. The Balaban J connectivity index is 3.11. The highest BCUT2D eigenvalue weighted by atomic mass is 79.9. The molecule has 0 saturated heterocycles. The second-order valence-electron chi connectivity index (χ2n) is 3.74. The molecule has 0 atom stereocenters. The first-order chi connectivity index (χ1) is 7.06. The van der Waals surface area contributed by atoms with E-state index in [4.69, 9.17) is 10.00 Å². The van der Waals surface area contributed by atoms with Crippen LogP contribution in [0.3, 0.4) is 0 Å². The monoisotopic (exact) mass is 267 g/mol. The van der Waals surface area contributed by atoms with Gasteiger partial charge in [-0.05, 0) is 30.0 Å². The van der Waals surface area contributed by atoms with Crippen molar-refractivity contribution in [3.63, 3.8) is 0 Å². The maximum atomic E-state index is 8.49. The zero-order chi connectivity index (χ0) is 11.4. The molecule has 0 unspecified atom stereocenters. The standard InChI is InChI=1S/C12H14BrNO/c1-8(2)10-6-9(3)11(13)7-12(10)15-5-4-14/h6-8H,5H2,1-3H3. The number of hydrogen-bond donors (Lipinski definition) is 0. The van der Waals surface area contributed by atoms with Crippen LogP contribution in [0.5, 0.6) is 5.75 Å². The zero-order valence-corrected chi connectivity index (χ0v) is 10.8. The van der Waals surface area contributed by atoms with E-state index in [1.54, 1.807) is 0 Å². The summed E-state index contributed by atoms with van der Waals surface area (Å²) < 4.78 is 6.41. The fourth-order valence-corrected chi connectivity index (χ4v) is 1.69. The van der Waals surface area contributed by atoms with Crippen molar-refractivity contribution in [3.8, 4) is 11.8 Å². The van der Waals surface area contributed by atoms with E-state index in [2.05, 4.69) is 35.8 Å². The predicted molar refractivity (Wildman–Crippen MR) is 64.1 cm³/mol. The van der Waals surface area contributed by atoms with E-state index in [1.807, 2.05) is 19.1 Å². The minimum Gasteiger partial charge on any atom is -0.478 e. The Morgan fingerprint density at radius 3 is 2.67 bits per heavy atom. The summed E-state index contributed by atoms with van der Waals surface area (Å²) >= 11 is 3.46. The fourth-order valence-electron chi connectivity index (χ4n) is 1.37. The van der Waals surface area contributed by atoms with E-state index < -0.39 is 0 Å². The van der Waals surface area contributed by atoms with Crippen molar-refractivity contribution < 1.29 is 4.74 Å². The third kappa shape index (κ3) is 2.97. The normalized spacial score (nSPS) is 10.1. The van der Waals surface area contributed by atoms with Gasteiger partial charge in [-0.3, -0.25) is 0 Å². The molecule has 0 spiro atoms. The molecule has 0 N–H and O–H groups in total. The molecule has 0 amide bonds. The lowest BCUT2D eigenvalue weighted by Gasteiger charge is -2.14. The topological polar surface area (TPSA) is 33.0 Å². The first kappa shape index (κ1) is 12.1. The van der Waals surface area contributed by atoms with Crippen LogP contribution >= 0.6 is 15.9 Å². The van der Waals surface area contributed by atoms with Crippen LogP contribution in [-0.2, 0) is 0 Å². The van der Waals surface area contributed by atoms with E-state index in [0.29, 0.717) is 5.92 Å². The highest BCUT2D eigenvalue weighted by molar-refractivity contribution is 9.10. The first-order valence-electron chi connectivity index (χ1n) is 4.86. The van der Waals surface area contributed by atoms with Crippen molar-refractivity contribution in [2.24, 2.45) is 0 Å². The van der Waals surface area contributed by atoms with Gasteiger partial charge in [-0.2, -0.15) is 5.26 Å². The Kier molecular flexibility index (Phi) is 4.16. The van der Waals surface area contributed by atoms with Crippen LogP contribution in [0.1, 0.15) is 30.9 Å². The van der Waals surface area contributed by atoms with Gasteiger partial charge in [0.15, 0.2) is 6.61 Å². The molecule has 1 aromatic rings. The summed E-state index contributed by atoms with van der Waals surface area (Å²) in [5, 5.41) is 8.49. The third-order valence-electron chi connectivity index (χ3n) is 2.21. The Morgan fingerprint density at radius 1 is 1.47 bits per heavy atom. The van der Waals surface area contributed by atoms with Crippen LogP contribution < -0.4 is 4.74 Å². The number of benzene rings is 1. The van der Waals surface area contributed by atoms with Crippen LogP contribution in [0.25, 0.3) is 0 Å². The largest absolute Gasteiger partial charge is 0.478 e. The molecule has 0 aliphatic heterocycles. The van der Waals surface area contributed by atoms with Crippen LogP contribution in [0.4, 0.5) is 0 Å². The van der Waals surface area contributed by atoms with E-state index in [9.17, 15) is 0 Å². The SMILES string of the molecule is Cc1cc(C(C)C)c(OCC#N)cc1Br. The maximum Gasteiger partial charge on any atom is 0.174 e. The fraction of sp³-hybridized carbons (Fsp3) is 0.417. The summed E-state index contributed by atoms with van der Waals surface area (Å²) in [4.78, 5) is 0. The minimum atomic E-state index is 0.0925. The van der Waals surface area contributed by atoms with Crippen LogP contribution in [0.15, 0.2) is 16.6 Å². The molecule has 0 saturated carbocycles. The molecule has 0 aromatic heterocycles. The van der Waals surface area contributed by atoms with Crippen molar-refractivity contribution in [2.45, 2.75) is 26.7 Å². The number of ether oxygens (including phenoxy) is 1. The van der Waals surface area contributed by atoms with Crippen molar-refractivity contribution in [1.29, 1.82) is 5.26 Å². The molecule has 0 bridgehead atoms. The molecule has 1 rings (SSSR count). The quantitative estimate of drug-likeness (QED) is 0.835. The lowest BCUT2D eigenvalue weighted by atomic mass is 10.00. The van der Waals surface area contributed by atoms with Gasteiger partial charge in [0.2, 0.25) is 0 Å². The van der Waals surface area contributed by atoms with Gasteiger partial charge >= 0.3 is 0 Å². The van der Waals surface area contributed by atoms with Gasteiger partial charge in [0.25, 0.3) is 0 Å². The van der Waals surface area contributed by atoms with Crippen molar-refractivity contribution in [3.05, 3.63) is 27.7 Å². The van der Waals surface area contributed by atoms with Gasteiger partial charge in [-0.15, -0.1) is 0 Å². The van der Waals surface area contributed by atoms with Crippen molar-refractivity contribution in [2.75, 3.05) is 6.61 Å². The van der Waals surface area contributed by atoms with Gasteiger partial charge in [-0.1, -0.05) is 35.8 Å². The predicted octanol–water partition coefficient (Wildman–Crippen LogP) is 3.78. The molecule has 0 aliphatic carbocycles. The van der Waals surface area contributed by atoms with Gasteiger partial charge in [0.05, 0.1) is 0 Å². The molecular weight excluding hydrogens is 254 g/mol. The number of aryl methyl sites for hydroxylation is 1. The zero-order valence-electron chi connectivity index (χ0n) is 9.17. The van der Waals surface area contributed by atoms with Crippen LogP contribution in [-0.4, -0.2) is 6.61 Å². The van der Waals surface area contributed by atoms with Crippen molar-refractivity contribution >= 4 is 15.9 Å². The van der Waals surface area contributed by atoms with Gasteiger partial charge in [-0.25, -0.2) is 0 Å². The lowest BCUT2D eigenvalue weighted by Crippen LogP contribution is -2.00. The Morgan fingerprint density at radius 2 is 2.13 bits per heavy atom. The number of rotatable bonds is 3.